The molecule has 0 bridgehead atoms. The molecule has 3 aliphatic heterocycles. The molecule has 70 heavy (non-hydrogen) atoms. The maximum atomic E-state index is 14.8. The Labute approximate surface area is 403 Å². The third-order valence-corrected chi connectivity index (χ3v) is 11.5. The molecule has 4 rings (SSSR count). The zero-order chi connectivity index (χ0) is 51.2. The maximum absolute atomic E-state index is 14.8. The number of ether oxygens (including phenoxy) is 3. The van der Waals surface area contributed by atoms with Crippen molar-refractivity contribution in [2.24, 2.45) is 5.73 Å². The van der Waals surface area contributed by atoms with Crippen LogP contribution >= 0.6 is 0 Å². The quantitative estimate of drug-likeness (QED) is 0.0584. The normalized spacial score (nSPS) is 21.2. The lowest BCUT2D eigenvalue weighted by Gasteiger charge is -2.39. The first-order chi connectivity index (χ1) is 33.5. The second kappa shape index (κ2) is 29.0. The molecule has 0 radical (unpaired) electrons. The Kier molecular flexibility index (Phi) is 23.4. The first-order valence-corrected chi connectivity index (χ1v) is 22.8. The van der Waals surface area contributed by atoms with E-state index >= 15 is 0 Å². The highest BCUT2D eigenvalue weighted by atomic mass is 16.5. The molecule has 26 heteroatoms. The molecule has 1 aromatic carbocycles. The van der Waals surface area contributed by atoms with Crippen LogP contribution < -0.4 is 16.4 Å². The summed E-state index contributed by atoms with van der Waals surface area (Å²) in [5.41, 5.74) is 5.58. The van der Waals surface area contributed by atoms with E-state index in [2.05, 4.69) is 10.6 Å². The third-order valence-electron chi connectivity index (χ3n) is 11.5. The molecule has 0 aromatic heterocycles. The van der Waals surface area contributed by atoms with Crippen LogP contribution in [0.5, 0.6) is 0 Å². The number of aliphatic carboxylic acids is 4. The summed E-state index contributed by atoms with van der Waals surface area (Å²) in [6.45, 7) is -2.02. The van der Waals surface area contributed by atoms with Gasteiger partial charge in [0, 0.05) is 83.2 Å². The van der Waals surface area contributed by atoms with Crippen LogP contribution in [0.1, 0.15) is 41.2 Å². The lowest BCUT2D eigenvalue weighted by atomic mass is 9.94. The van der Waals surface area contributed by atoms with Gasteiger partial charge in [-0.1, -0.05) is 12.1 Å². The van der Waals surface area contributed by atoms with E-state index in [-0.39, 0.29) is 129 Å². The van der Waals surface area contributed by atoms with Crippen LogP contribution in [0, 0.1) is 0 Å². The van der Waals surface area contributed by atoms with Crippen LogP contribution in [-0.2, 0) is 57.4 Å². The number of carbonyl (C=O) groups is 10. The Bertz CT molecular complexity index is 2010. The molecule has 2 fully saturated rings. The Morgan fingerprint density at radius 2 is 1.24 bits per heavy atom. The molecular formula is C44H63N9O17. The number of imide groups is 2. The minimum Gasteiger partial charge on any atom is -0.480 e. The summed E-state index contributed by atoms with van der Waals surface area (Å²) in [6, 6.07) is 0.911. The van der Waals surface area contributed by atoms with E-state index in [0.717, 1.165) is 17.1 Å². The van der Waals surface area contributed by atoms with Gasteiger partial charge in [0.1, 0.15) is 18.7 Å². The molecule has 3 atom stereocenters. The summed E-state index contributed by atoms with van der Waals surface area (Å²) in [6.07, 6.45) is 2.13. The number of nitrogens with zero attached hydrogens (tertiary/aromatic N) is 6. The first kappa shape index (κ1) is 56.3. The van der Waals surface area contributed by atoms with Crippen molar-refractivity contribution < 1.29 is 82.6 Å². The Morgan fingerprint density at radius 1 is 0.714 bits per heavy atom. The predicted molar refractivity (Wildman–Crippen MR) is 242 cm³/mol. The molecule has 26 nitrogen and oxygen atoms in total. The van der Waals surface area contributed by atoms with Crippen LogP contribution in [0.2, 0.25) is 0 Å². The van der Waals surface area contributed by atoms with E-state index in [1.54, 1.807) is 19.6 Å². The Balaban J connectivity index is 1.80. The number of benzene rings is 1. The molecule has 386 valence electrons. The first-order valence-electron chi connectivity index (χ1n) is 22.8. The summed E-state index contributed by atoms with van der Waals surface area (Å²) in [5, 5.41) is 45.4. The highest BCUT2D eigenvalue weighted by molar-refractivity contribution is 6.13. The molecule has 3 aliphatic rings. The fraction of sp³-hybridized carbons (Fsp3) is 0.591. The van der Waals surface area contributed by atoms with E-state index in [1.807, 2.05) is 0 Å². The largest absolute Gasteiger partial charge is 0.480 e. The summed E-state index contributed by atoms with van der Waals surface area (Å²) >= 11 is 0. The minimum atomic E-state index is -1.75. The average molecular weight is 990 g/mol. The Hall–Kier alpha value is -6.26. The predicted octanol–water partition coefficient (Wildman–Crippen LogP) is -3.66. The average Bonchev–Trinajstić information content (AvgIpc) is 3.63. The minimum absolute atomic E-state index is 0.00227. The van der Waals surface area contributed by atoms with Crippen LogP contribution in [0.15, 0.2) is 36.4 Å². The lowest BCUT2D eigenvalue weighted by Crippen LogP contribution is -2.58. The van der Waals surface area contributed by atoms with E-state index in [0.29, 0.717) is 4.90 Å². The Morgan fingerprint density at radius 3 is 1.77 bits per heavy atom. The molecule has 0 aliphatic carbocycles. The van der Waals surface area contributed by atoms with E-state index in [9.17, 15) is 68.4 Å². The zero-order valence-electron chi connectivity index (χ0n) is 38.8. The van der Waals surface area contributed by atoms with E-state index in [1.165, 1.54) is 24.3 Å². The highest BCUT2D eigenvalue weighted by Gasteiger charge is 2.39. The topological polar surface area (TPSA) is 349 Å². The number of nitrogens with two attached hydrogens (primary N) is 1. The van der Waals surface area contributed by atoms with Crippen LogP contribution in [0.25, 0.3) is 0 Å². The van der Waals surface area contributed by atoms with Gasteiger partial charge in [-0.15, -0.1) is 0 Å². The standard InChI is InChI=1S/C44H63N9O17/c45-25-36(57)53(32(44(66)67)6-1-2-10-52-34(55)7-8-35(52)56)43(65)31-5-3-4-30(24-31)40-41(42(64)46-9-19-68-20-21-69-22-23-70-29-33(54)47-40)51-17-15-49(27-38(60)61)13-11-48(26-37(58)59)12-14-50(16-18-51)28-39(62)63/h3-5,7-8,24,32,40-41H,1-2,6,9-23,25-29,45H2,(H,46,64)(H,47,54)(H,58,59)(H,60,61)(H,62,63)(H,66,67)/t32-,40?,41?/m0/s1. The van der Waals surface area contributed by atoms with Gasteiger partial charge in [-0.3, -0.25) is 72.6 Å². The van der Waals surface area contributed by atoms with Crippen molar-refractivity contribution in [3.63, 3.8) is 0 Å². The monoisotopic (exact) mass is 989 g/mol. The summed E-state index contributed by atoms with van der Waals surface area (Å²) in [5.74, 6) is -9.64. The van der Waals surface area contributed by atoms with Gasteiger partial charge in [0.05, 0.1) is 65.3 Å². The van der Waals surface area contributed by atoms with Crippen molar-refractivity contribution in [1.82, 2.24) is 40.0 Å². The number of amides is 6. The number of unbranched alkanes of at least 4 members (excludes halogenated alkanes) is 1. The fourth-order valence-corrected chi connectivity index (χ4v) is 8.08. The van der Waals surface area contributed by atoms with Crippen LogP contribution in [0.4, 0.5) is 0 Å². The van der Waals surface area contributed by atoms with Gasteiger partial charge in [0.15, 0.2) is 0 Å². The molecular weight excluding hydrogens is 927 g/mol. The van der Waals surface area contributed by atoms with Crippen LogP contribution in [0.3, 0.4) is 0 Å². The van der Waals surface area contributed by atoms with Crippen LogP contribution in [-0.4, -0.2) is 252 Å². The maximum Gasteiger partial charge on any atom is 0.326 e. The summed E-state index contributed by atoms with van der Waals surface area (Å²) in [4.78, 5) is 137. The molecule has 6 amide bonds. The fourth-order valence-electron chi connectivity index (χ4n) is 8.08. The van der Waals surface area contributed by atoms with Crippen molar-refractivity contribution in [2.45, 2.75) is 37.4 Å². The van der Waals surface area contributed by atoms with Gasteiger partial charge in [-0.25, -0.2) is 4.79 Å². The van der Waals surface area contributed by atoms with E-state index < -0.39 is 110 Å². The van der Waals surface area contributed by atoms with E-state index in [4.69, 9.17) is 19.9 Å². The third kappa shape index (κ3) is 18.2. The molecule has 2 saturated heterocycles. The molecule has 2 unspecified atom stereocenters. The SMILES string of the molecule is NCC(=O)N(C(=O)c1cccc(C2NC(=O)COCCOCCOCCNC(=O)C2N2CCN(CC(=O)O)CCN(CC(=O)O)CCN(CC(=O)O)CC2)c1)[C@@H](CCCCN1C(=O)C=CC1=O)C(=O)O. The zero-order valence-corrected chi connectivity index (χ0v) is 38.8. The molecule has 3 heterocycles. The van der Waals surface area contributed by atoms with Crippen molar-refractivity contribution >= 4 is 59.3 Å². The number of rotatable bonds is 17. The molecule has 1 aromatic rings. The summed E-state index contributed by atoms with van der Waals surface area (Å²) in [7, 11) is 0. The van der Waals surface area contributed by atoms with Gasteiger partial charge in [-0.05, 0) is 37.0 Å². The van der Waals surface area contributed by atoms with Crippen molar-refractivity contribution in [1.29, 1.82) is 0 Å². The van der Waals surface area contributed by atoms with Crippen molar-refractivity contribution in [3.8, 4) is 0 Å². The number of nitrogens with one attached hydrogen (secondary N) is 2. The van der Waals surface area contributed by atoms with Crippen molar-refractivity contribution in [3.05, 3.63) is 47.5 Å². The smallest absolute Gasteiger partial charge is 0.326 e. The number of carboxylic acids is 4. The van der Waals surface area contributed by atoms with Gasteiger partial charge < -0.3 is 51.0 Å². The van der Waals surface area contributed by atoms with Gasteiger partial charge in [0.25, 0.3) is 17.7 Å². The summed E-state index contributed by atoms with van der Waals surface area (Å²) < 4.78 is 16.7. The lowest BCUT2D eigenvalue weighted by molar-refractivity contribution is -0.147. The van der Waals surface area contributed by atoms with Gasteiger partial charge in [-0.2, -0.15) is 0 Å². The molecule has 8 N–H and O–H groups in total. The van der Waals surface area contributed by atoms with Crippen molar-refractivity contribution in [2.75, 3.05) is 131 Å². The molecule has 0 saturated carbocycles. The number of carbonyl (C=O) groups excluding carboxylic acids is 6. The molecule has 0 spiro atoms. The second-order valence-corrected chi connectivity index (χ2v) is 16.5. The number of hydrogen-bond acceptors (Lipinski definition) is 18. The van der Waals surface area contributed by atoms with Gasteiger partial charge in [0.2, 0.25) is 17.7 Å². The number of carboxylic acid groups (broad SMARTS) is 4. The number of hydrogen-bond donors (Lipinski definition) is 7. The second-order valence-electron chi connectivity index (χ2n) is 16.5. The highest BCUT2D eigenvalue weighted by Crippen LogP contribution is 2.26. The van der Waals surface area contributed by atoms with Gasteiger partial charge >= 0.3 is 23.9 Å².